The Morgan fingerprint density at radius 1 is 1.22 bits per heavy atom. The van der Waals surface area contributed by atoms with Crippen molar-refractivity contribution in [1.29, 1.82) is 5.26 Å². The Balaban J connectivity index is 1.98. The maximum Gasteiger partial charge on any atom is 0.106 e. The summed E-state index contributed by atoms with van der Waals surface area (Å²) in [4.78, 5) is 2.35. The van der Waals surface area contributed by atoms with Crippen molar-refractivity contribution >= 4 is 0 Å². The highest BCUT2D eigenvalue weighted by atomic mass is 15.2. The van der Waals surface area contributed by atoms with E-state index < -0.39 is 0 Å². The van der Waals surface area contributed by atoms with Gasteiger partial charge in [-0.3, -0.25) is 4.90 Å². The number of hydrogen-bond donors (Lipinski definition) is 0. The molecule has 0 amide bonds. The van der Waals surface area contributed by atoms with Crippen molar-refractivity contribution < 1.29 is 0 Å². The topological polar surface area (TPSA) is 27.0 Å². The zero-order valence-electron chi connectivity index (χ0n) is 11.4. The first kappa shape index (κ1) is 13.1. The van der Waals surface area contributed by atoms with Crippen LogP contribution < -0.4 is 0 Å². The van der Waals surface area contributed by atoms with Crippen LogP contribution in [0.4, 0.5) is 0 Å². The Morgan fingerprint density at radius 3 is 2.39 bits per heavy atom. The fraction of sp³-hybridized carbons (Fsp3) is 0.562. The van der Waals surface area contributed by atoms with Crippen molar-refractivity contribution in [3.05, 3.63) is 35.4 Å². The van der Waals surface area contributed by atoms with Gasteiger partial charge in [-0.1, -0.05) is 29.8 Å². The van der Waals surface area contributed by atoms with Gasteiger partial charge in [-0.05, 0) is 58.2 Å². The van der Waals surface area contributed by atoms with E-state index in [1.54, 1.807) is 0 Å². The molecule has 0 spiro atoms. The molecule has 1 aromatic carbocycles. The number of aryl methyl sites for hydroxylation is 2. The molecule has 0 saturated carbocycles. The van der Waals surface area contributed by atoms with E-state index >= 15 is 0 Å². The normalized spacial score (nSPS) is 19.4. The van der Waals surface area contributed by atoms with Crippen LogP contribution in [-0.4, -0.2) is 23.5 Å². The second kappa shape index (κ2) is 5.54. The molecule has 1 saturated heterocycles. The molecule has 0 aromatic heterocycles. The first-order valence-corrected chi connectivity index (χ1v) is 6.86. The van der Waals surface area contributed by atoms with Gasteiger partial charge in [0, 0.05) is 0 Å². The van der Waals surface area contributed by atoms with Crippen LogP contribution in [0.15, 0.2) is 24.3 Å². The van der Waals surface area contributed by atoms with Gasteiger partial charge in [-0.15, -0.1) is 0 Å². The predicted molar refractivity (Wildman–Crippen MR) is 74.3 cm³/mol. The Labute approximate surface area is 110 Å². The third-order valence-electron chi connectivity index (χ3n) is 4.07. The molecule has 0 aliphatic carbocycles. The van der Waals surface area contributed by atoms with Gasteiger partial charge in [0.15, 0.2) is 0 Å². The number of hydrogen-bond acceptors (Lipinski definition) is 2. The van der Waals surface area contributed by atoms with Gasteiger partial charge < -0.3 is 0 Å². The summed E-state index contributed by atoms with van der Waals surface area (Å²) in [7, 11) is 0. The van der Waals surface area contributed by atoms with Gasteiger partial charge in [0.05, 0.1) is 6.07 Å². The Bertz CT molecular complexity index is 423. The standard InChI is InChI=1S/C16H22N2/c1-14-5-7-15(8-6-14)9-10-16(2,13-17)18-11-3-4-12-18/h5-8H,3-4,9-12H2,1-2H3. The van der Waals surface area contributed by atoms with Crippen LogP contribution in [0.1, 0.15) is 37.3 Å². The fourth-order valence-electron chi connectivity index (χ4n) is 2.64. The lowest BCUT2D eigenvalue weighted by atomic mass is 9.93. The van der Waals surface area contributed by atoms with Gasteiger partial charge in [0.2, 0.25) is 0 Å². The number of rotatable bonds is 4. The van der Waals surface area contributed by atoms with Crippen LogP contribution in [0, 0.1) is 18.3 Å². The quantitative estimate of drug-likeness (QED) is 0.810. The summed E-state index contributed by atoms with van der Waals surface area (Å²) in [5.41, 5.74) is 2.34. The minimum absolute atomic E-state index is 0.290. The summed E-state index contributed by atoms with van der Waals surface area (Å²) < 4.78 is 0. The van der Waals surface area contributed by atoms with Crippen LogP contribution in [0.25, 0.3) is 0 Å². The van der Waals surface area contributed by atoms with E-state index in [0.29, 0.717) is 0 Å². The molecule has 0 N–H and O–H groups in total. The lowest BCUT2D eigenvalue weighted by molar-refractivity contribution is 0.181. The largest absolute Gasteiger partial charge is 0.286 e. The molecule has 1 aliphatic heterocycles. The van der Waals surface area contributed by atoms with E-state index in [1.807, 2.05) is 0 Å². The Morgan fingerprint density at radius 2 is 1.83 bits per heavy atom. The fourth-order valence-corrected chi connectivity index (χ4v) is 2.64. The SMILES string of the molecule is Cc1ccc(CCC(C)(C#N)N2CCCC2)cc1. The smallest absolute Gasteiger partial charge is 0.106 e. The van der Waals surface area contributed by atoms with Gasteiger partial charge in [0.25, 0.3) is 0 Å². The Kier molecular flexibility index (Phi) is 4.04. The maximum absolute atomic E-state index is 9.48. The number of benzene rings is 1. The van der Waals surface area contributed by atoms with E-state index in [-0.39, 0.29) is 5.54 Å². The number of nitriles is 1. The van der Waals surface area contributed by atoms with Gasteiger partial charge >= 0.3 is 0 Å². The summed E-state index contributed by atoms with van der Waals surface area (Å²) in [6.45, 7) is 6.36. The minimum atomic E-state index is -0.290. The van der Waals surface area contributed by atoms with Crippen LogP contribution in [0.2, 0.25) is 0 Å². The van der Waals surface area contributed by atoms with Crippen molar-refractivity contribution in [2.75, 3.05) is 13.1 Å². The number of likely N-dealkylation sites (tertiary alicyclic amines) is 1. The van der Waals surface area contributed by atoms with Crippen molar-refractivity contribution in [3.8, 4) is 6.07 Å². The minimum Gasteiger partial charge on any atom is -0.286 e. The molecule has 2 rings (SSSR count). The van der Waals surface area contributed by atoms with E-state index in [4.69, 9.17) is 0 Å². The molecule has 1 atom stereocenters. The van der Waals surface area contributed by atoms with Crippen LogP contribution in [0.5, 0.6) is 0 Å². The summed E-state index contributed by atoms with van der Waals surface area (Å²) in [5.74, 6) is 0. The highest BCUT2D eigenvalue weighted by Gasteiger charge is 2.33. The summed E-state index contributed by atoms with van der Waals surface area (Å²) >= 11 is 0. The number of nitrogens with zero attached hydrogens (tertiary/aromatic N) is 2. The highest BCUT2D eigenvalue weighted by molar-refractivity contribution is 5.22. The lowest BCUT2D eigenvalue weighted by Crippen LogP contribution is -2.43. The zero-order valence-corrected chi connectivity index (χ0v) is 11.4. The molecule has 1 aliphatic rings. The molecular weight excluding hydrogens is 220 g/mol. The van der Waals surface area contributed by atoms with Gasteiger partial charge in [-0.25, -0.2) is 0 Å². The van der Waals surface area contributed by atoms with E-state index in [9.17, 15) is 5.26 Å². The first-order valence-electron chi connectivity index (χ1n) is 6.86. The second-order valence-electron chi connectivity index (χ2n) is 5.57. The summed E-state index contributed by atoms with van der Waals surface area (Å²) in [5, 5.41) is 9.48. The molecule has 1 heterocycles. The molecule has 1 aromatic rings. The van der Waals surface area contributed by atoms with Crippen molar-refractivity contribution in [1.82, 2.24) is 4.90 Å². The van der Waals surface area contributed by atoms with E-state index in [0.717, 1.165) is 25.9 Å². The third kappa shape index (κ3) is 2.91. The van der Waals surface area contributed by atoms with Crippen LogP contribution >= 0.6 is 0 Å². The highest BCUT2D eigenvalue weighted by Crippen LogP contribution is 2.25. The molecule has 1 unspecified atom stereocenters. The average Bonchev–Trinajstić information content (AvgIpc) is 2.92. The lowest BCUT2D eigenvalue weighted by Gasteiger charge is -2.32. The van der Waals surface area contributed by atoms with Crippen molar-refractivity contribution in [2.24, 2.45) is 0 Å². The Hall–Kier alpha value is -1.33. The summed E-state index contributed by atoms with van der Waals surface area (Å²) in [6, 6.07) is 11.2. The first-order chi connectivity index (χ1) is 8.64. The van der Waals surface area contributed by atoms with Crippen LogP contribution in [0.3, 0.4) is 0 Å². The van der Waals surface area contributed by atoms with Crippen molar-refractivity contribution in [3.63, 3.8) is 0 Å². The zero-order chi connectivity index (χ0) is 13.0. The molecule has 1 fully saturated rings. The molecular formula is C16H22N2. The monoisotopic (exact) mass is 242 g/mol. The molecule has 18 heavy (non-hydrogen) atoms. The second-order valence-corrected chi connectivity index (χ2v) is 5.57. The van der Waals surface area contributed by atoms with E-state index in [1.165, 1.54) is 24.0 Å². The third-order valence-corrected chi connectivity index (χ3v) is 4.07. The molecule has 96 valence electrons. The average molecular weight is 242 g/mol. The molecule has 0 bridgehead atoms. The molecule has 0 radical (unpaired) electrons. The molecule has 2 nitrogen and oxygen atoms in total. The predicted octanol–water partition coefficient (Wildman–Crippen LogP) is 3.31. The maximum atomic E-state index is 9.48. The molecule has 2 heteroatoms. The summed E-state index contributed by atoms with van der Waals surface area (Å²) in [6.07, 6.45) is 4.39. The van der Waals surface area contributed by atoms with E-state index in [2.05, 4.69) is 49.1 Å². The van der Waals surface area contributed by atoms with Gasteiger partial charge in [-0.2, -0.15) is 5.26 Å². The van der Waals surface area contributed by atoms with Crippen molar-refractivity contribution in [2.45, 2.75) is 45.1 Å². The van der Waals surface area contributed by atoms with Gasteiger partial charge in [0.1, 0.15) is 5.54 Å². The van der Waals surface area contributed by atoms with Crippen LogP contribution in [-0.2, 0) is 6.42 Å².